The van der Waals surface area contributed by atoms with Gasteiger partial charge in [0.05, 0.1) is 6.54 Å². The number of nitrogens with one attached hydrogen (secondary N) is 1. The molecule has 0 aromatic carbocycles. The molecule has 0 aliphatic heterocycles. The third-order valence-corrected chi connectivity index (χ3v) is 2.36. The fraction of sp³-hybridized carbons (Fsp3) is 0.833. The highest BCUT2D eigenvalue weighted by Crippen LogP contribution is 1.91. The number of likely N-dealkylation sites (N-methyl/N-ethyl adjacent to an activating group) is 1. The van der Waals surface area contributed by atoms with Crippen LogP contribution in [0, 0.1) is 12.3 Å². The van der Waals surface area contributed by atoms with Gasteiger partial charge in [0.1, 0.15) is 0 Å². The molecule has 88 valence electrons. The summed E-state index contributed by atoms with van der Waals surface area (Å²) in [5, 5.41) is 3.21. The summed E-state index contributed by atoms with van der Waals surface area (Å²) >= 11 is 0. The largest absolute Gasteiger partial charge is 0.309 e. The van der Waals surface area contributed by atoms with E-state index in [1.54, 1.807) is 0 Å². The normalized spacial score (nSPS) is 10.9. The molecule has 0 amide bonds. The van der Waals surface area contributed by atoms with Crippen LogP contribution in [0.5, 0.6) is 0 Å². The van der Waals surface area contributed by atoms with E-state index in [-0.39, 0.29) is 0 Å². The number of rotatable bonds is 9. The molecule has 0 unspecified atom stereocenters. The lowest BCUT2D eigenvalue weighted by molar-refractivity contribution is 0.267. The molecule has 0 spiro atoms. The lowest BCUT2D eigenvalue weighted by Crippen LogP contribution is -2.34. The summed E-state index contributed by atoms with van der Waals surface area (Å²) in [4.78, 5) is 4.68. The monoisotopic (exact) mass is 211 g/mol. The van der Waals surface area contributed by atoms with Crippen LogP contribution in [-0.2, 0) is 0 Å². The van der Waals surface area contributed by atoms with E-state index in [0.717, 1.165) is 26.2 Å². The topological polar surface area (TPSA) is 18.5 Å². The highest BCUT2D eigenvalue weighted by Gasteiger charge is 2.01. The second kappa shape index (κ2) is 9.97. The van der Waals surface area contributed by atoms with Gasteiger partial charge in [-0.25, -0.2) is 0 Å². The average molecular weight is 211 g/mol. The second-order valence-electron chi connectivity index (χ2n) is 3.97. The Balaban J connectivity index is 3.42. The van der Waals surface area contributed by atoms with Crippen molar-refractivity contribution in [1.82, 2.24) is 15.1 Å². The molecule has 0 saturated heterocycles. The van der Waals surface area contributed by atoms with Crippen LogP contribution in [0.3, 0.4) is 0 Å². The zero-order valence-electron chi connectivity index (χ0n) is 10.4. The van der Waals surface area contributed by atoms with Gasteiger partial charge in [-0.2, -0.15) is 0 Å². The maximum atomic E-state index is 5.16. The van der Waals surface area contributed by atoms with Crippen molar-refractivity contribution < 1.29 is 0 Å². The van der Waals surface area contributed by atoms with Crippen molar-refractivity contribution in [3.8, 4) is 12.3 Å². The Morgan fingerprint density at radius 3 is 2.47 bits per heavy atom. The summed E-state index contributed by atoms with van der Waals surface area (Å²) in [6, 6.07) is 0. The fourth-order valence-electron chi connectivity index (χ4n) is 1.44. The molecule has 0 saturated carbocycles. The molecule has 0 fully saturated rings. The first-order chi connectivity index (χ1) is 7.20. The highest BCUT2D eigenvalue weighted by molar-refractivity contribution is 4.86. The predicted octanol–water partition coefficient (Wildman–Crippen LogP) is 0.483. The van der Waals surface area contributed by atoms with E-state index in [9.17, 15) is 0 Å². The molecule has 0 rings (SSSR count). The minimum absolute atomic E-state index is 0.676. The molecule has 0 aromatic heterocycles. The first-order valence-corrected chi connectivity index (χ1v) is 5.72. The predicted molar refractivity (Wildman–Crippen MR) is 67.0 cm³/mol. The minimum Gasteiger partial charge on any atom is -0.309 e. The molecule has 0 bridgehead atoms. The molecule has 0 radical (unpaired) electrons. The molecule has 0 atom stereocenters. The van der Waals surface area contributed by atoms with Crippen molar-refractivity contribution in [3.63, 3.8) is 0 Å². The number of terminal acetylenes is 1. The quantitative estimate of drug-likeness (QED) is 0.442. The Morgan fingerprint density at radius 2 is 1.93 bits per heavy atom. The summed E-state index contributed by atoms with van der Waals surface area (Å²) in [5.74, 6) is 2.58. The average Bonchev–Trinajstić information content (AvgIpc) is 2.21. The van der Waals surface area contributed by atoms with Crippen molar-refractivity contribution >= 4 is 0 Å². The molecule has 3 heteroatoms. The van der Waals surface area contributed by atoms with Gasteiger partial charge in [-0.15, -0.1) is 6.42 Å². The maximum Gasteiger partial charge on any atom is 0.0574 e. The van der Waals surface area contributed by atoms with Crippen LogP contribution in [0.1, 0.15) is 13.3 Å². The smallest absolute Gasteiger partial charge is 0.0574 e. The standard InChI is InChI=1S/C12H25N3/c1-5-8-13-9-12-15(6-2)11-7-10-14(3)4/h1,13H,6-12H2,2-4H3. The Labute approximate surface area is 94.8 Å². The fourth-order valence-corrected chi connectivity index (χ4v) is 1.44. The molecule has 0 aliphatic carbocycles. The Kier molecular flexibility index (Phi) is 9.60. The second-order valence-corrected chi connectivity index (χ2v) is 3.97. The van der Waals surface area contributed by atoms with Gasteiger partial charge in [0, 0.05) is 13.1 Å². The van der Waals surface area contributed by atoms with E-state index in [4.69, 9.17) is 6.42 Å². The van der Waals surface area contributed by atoms with Gasteiger partial charge in [-0.3, -0.25) is 0 Å². The maximum absolute atomic E-state index is 5.16. The Morgan fingerprint density at radius 1 is 1.20 bits per heavy atom. The van der Waals surface area contributed by atoms with Crippen molar-refractivity contribution in [1.29, 1.82) is 0 Å². The van der Waals surface area contributed by atoms with Crippen LogP contribution >= 0.6 is 0 Å². The molecule has 1 N–H and O–H groups in total. The Bertz CT molecular complexity index is 172. The van der Waals surface area contributed by atoms with E-state index >= 15 is 0 Å². The van der Waals surface area contributed by atoms with Crippen molar-refractivity contribution in [2.24, 2.45) is 0 Å². The zero-order valence-corrected chi connectivity index (χ0v) is 10.4. The lowest BCUT2D eigenvalue weighted by atomic mass is 10.3. The van der Waals surface area contributed by atoms with Gasteiger partial charge < -0.3 is 15.1 Å². The zero-order chi connectivity index (χ0) is 11.5. The lowest BCUT2D eigenvalue weighted by Gasteiger charge is -2.21. The minimum atomic E-state index is 0.676. The Hall–Kier alpha value is -0.560. The molecule has 0 heterocycles. The summed E-state index contributed by atoms with van der Waals surface area (Å²) in [6.07, 6.45) is 6.39. The van der Waals surface area contributed by atoms with Crippen molar-refractivity contribution in [2.45, 2.75) is 13.3 Å². The first kappa shape index (κ1) is 14.4. The summed E-state index contributed by atoms with van der Waals surface area (Å²) < 4.78 is 0. The van der Waals surface area contributed by atoms with Gasteiger partial charge >= 0.3 is 0 Å². The summed E-state index contributed by atoms with van der Waals surface area (Å²) in [7, 11) is 4.23. The third kappa shape index (κ3) is 9.74. The molecule has 15 heavy (non-hydrogen) atoms. The van der Waals surface area contributed by atoms with Gasteiger partial charge in [-0.05, 0) is 40.2 Å². The highest BCUT2D eigenvalue weighted by atomic mass is 15.1. The molecule has 0 aromatic rings. The van der Waals surface area contributed by atoms with Gasteiger partial charge in [0.25, 0.3) is 0 Å². The van der Waals surface area contributed by atoms with Gasteiger partial charge in [0.15, 0.2) is 0 Å². The first-order valence-electron chi connectivity index (χ1n) is 5.72. The van der Waals surface area contributed by atoms with Crippen LogP contribution in [0.2, 0.25) is 0 Å². The third-order valence-electron chi connectivity index (χ3n) is 2.36. The van der Waals surface area contributed by atoms with E-state index in [1.165, 1.54) is 13.0 Å². The van der Waals surface area contributed by atoms with E-state index < -0.39 is 0 Å². The van der Waals surface area contributed by atoms with E-state index in [0.29, 0.717) is 6.54 Å². The van der Waals surface area contributed by atoms with E-state index in [1.807, 2.05) is 0 Å². The van der Waals surface area contributed by atoms with Crippen LogP contribution in [0.25, 0.3) is 0 Å². The number of hydrogen-bond donors (Lipinski definition) is 1. The van der Waals surface area contributed by atoms with Crippen molar-refractivity contribution in [3.05, 3.63) is 0 Å². The SMILES string of the molecule is C#CCNCCN(CC)CCCN(C)C. The molecular formula is C12H25N3. The van der Waals surface area contributed by atoms with Crippen molar-refractivity contribution in [2.75, 3.05) is 53.4 Å². The van der Waals surface area contributed by atoms with Gasteiger partial charge in [-0.1, -0.05) is 12.8 Å². The van der Waals surface area contributed by atoms with Crippen LogP contribution in [0.4, 0.5) is 0 Å². The summed E-state index contributed by atoms with van der Waals surface area (Å²) in [5.41, 5.74) is 0. The van der Waals surface area contributed by atoms with Gasteiger partial charge in [0.2, 0.25) is 0 Å². The van der Waals surface area contributed by atoms with Crippen LogP contribution < -0.4 is 5.32 Å². The molecule has 3 nitrogen and oxygen atoms in total. The van der Waals surface area contributed by atoms with Crippen LogP contribution in [0.15, 0.2) is 0 Å². The summed E-state index contributed by atoms with van der Waals surface area (Å²) in [6.45, 7) is 8.41. The van der Waals surface area contributed by atoms with E-state index in [2.05, 4.69) is 42.1 Å². The van der Waals surface area contributed by atoms with Crippen LogP contribution in [-0.4, -0.2) is 63.2 Å². The molecule has 0 aliphatic rings. The molecular weight excluding hydrogens is 186 g/mol. The number of hydrogen-bond acceptors (Lipinski definition) is 3. The number of nitrogens with zero attached hydrogens (tertiary/aromatic N) is 2.